The van der Waals surface area contributed by atoms with Crippen molar-refractivity contribution in [2.75, 3.05) is 30.9 Å². The number of hydrogen-bond donors (Lipinski definition) is 2. The van der Waals surface area contributed by atoms with Crippen molar-refractivity contribution in [2.24, 2.45) is 0 Å². The molecular weight excluding hydrogens is 282 g/mol. The summed E-state index contributed by atoms with van der Waals surface area (Å²) in [5, 5.41) is 14.5. The number of ether oxygens (including phenoxy) is 1. The van der Waals surface area contributed by atoms with Crippen LogP contribution in [0.25, 0.3) is 0 Å². The largest absolute Gasteiger partial charge is 0.383 e. The lowest BCUT2D eigenvalue weighted by Crippen LogP contribution is -2.16. The monoisotopic (exact) mass is 297 g/mol. The van der Waals surface area contributed by atoms with Crippen LogP contribution in [0.5, 0.6) is 0 Å². The Morgan fingerprint density at radius 1 is 1.41 bits per heavy atom. The number of aromatic nitrogens is 2. The van der Waals surface area contributed by atoms with Gasteiger partial charge in [-0.3, -0.25) is 4.79 Å². The molecule has 0 fully saturated rings. The summed E-state index contributed by atoms with van der Waals surface area (Å²) < 4.78 is 4.92. The number of methoxy groups -OCH3 is 1. The fourth-order valence-electron chi connectivity index (χ4n) is 1.70. The van der Waals surface area contributed by atoms with Crippen LogP contribution in [0.3, 0.4) is 0 Å². The first-order valence-corrected chi connectivity index (χ1v) is 6.60. The van der Waals surface area contributed by atoms with Gasteiger partial charge in [0.25, 0.3) is 5.91 Å². The van der Waals surface area contributed by atoms with Crippen LogP contribution >= 0.6 is 0 Å². The molecule has 0 atom stereocenters. The van der Waals surface area contributed by atoms with Crippen molar-refractivity contribution in [3.63, 3.8) is 0 Å². The van der Waals surface area contributed by atoms with E-state index in [9.17, 15) is 4.79 Å². The first-order chi connectivity index (χ1) is 10.7. The van der Waals surface area contributed by atoms with Gasteiger partial charge in [-0.25, -0.2) is 9.97 Å². The third-order valence-corrected chi connectivity index (χ3v) is 2.73. The van der Waals surface area contributed by atoms with Gasteiger partial charge in [0.15, 0.2) is 0 Å². The van der Waals surface area contributed by atoms with Gasteiger partial charge >= 0.3 is 0 Å². The highest BCUT2D eigenvalue weighted by Crippen LogP contribution is 2.11. The van der Waals surface area contributed by atoms with E-state index < -0.39 is 0 Å². The summed E-state index contributed by atoms with van der Waals surface area (Å²) >= 11 is 0. The molecular formula is C15H15N5O2. The van der Waals surface area contributed by atoms with Crippen LogP contribution in [0.2, 0.25) is 0 Å². The van der Waals surface area contributed by atoms with Crippen LogP contribution in [0.15, 0.2) is 36.5 Å². The predicted molar refractivity (Wildman–Crippen MR) is 81.5 cm³/mol. The Bertz CT molecular complexity index is 696. The van der Waals surface area contributed by atoms with Crippen molar-refractivity contribution >= 4 is 17.5 Å². The molecule has 2 rings (SSSR count). The molecule has 0 aliphatic rings. The van der Waals surface area contributed by atoms with E-state index in [1.54, 1.807) is 31.4 Å². The van der Waals surface area contributed by atoms with Crippen molar-refractivity contribution in [3.05, 3.63) is 47.8 Å². The molecule has 0 radical (unpaired) electrons. The quantitative estimate of drug-likeness (QED) is 0.786. The van der Waals surface area contributed by atoms with E-state index in [1.807, 2.05) is 6.07 Å². The lowest BCUT2D eigenvalue weighted by Gasteiger charge is -2.07. The van der Waals surface area contributed by atoms with E-state index >= 15 is 0 Å². The number of nitrogens with zero attached hydrogens (tertiary/aromatic N) is 3. The van der Waals surface area contributed by atoms with Gasteiger partial charge in [-0.05, 0) is 24.3 Å². The number of rotatable bonds is 6. The van der Waals surface area contributed by atoms with Gasteiger partial charge < -0.3 is 15.4 Å². The zero-order valence-electron chi connectivity index (χ0n) is 12.0. The van der Waals surface area contributed by atoms with Gasteiger partial charge in [-0.2, -0.15) is 5.26 Å². The van der Waals surface area contributed by atoms with Crippen molar-refractivity contribution < 1.29 is 9.53 Å². The number of amides is 1. The van der Waals surface area contributed by atoms with E-state index in [2.05, 4.69) is 20.6 Å². The molecule has 7 nitrogen and oxygen atoms in total. The van der Waals surface area contributed by atoms with Gasteiger partial charge in [0, 0.05) is 25.5 Å². The number of hydrogen-bond acceptors (Lipinski definition) is 6. The zero-order valence-corrected chi connectivity index (χ0v) is 12.0. The van der Waals surface area contributed by atoms with Crippen LogP contribution in [0, 0.1) is 11.3 Å². The van der Waals surface area contributed by atoms with Crippen molar-refractivity contribution in [2.45, 2.75) is 0 Å². The summed E-state index contributed by atoms with van der Waals surface area (Å²) in [5.41, 5.74) is 1.25. The summed E-state index contributed by atoms with van der Waals surface area (Å²) in [7, 11) is 1.60. The maximum absolute atomic E-state index is 12.2. The third kappa shape index (κ3) is 4.26. The predicted octanol–water partition coefficient (Wildman–Crippen LogP) is 1.66. The Hall–Kier alpha value is -2.98. The van der Waals surface area contributed by atoms with E-state index in [0.717, 1.165) is 0 Å². The fourth-order valence-corrected chi connectivity index (χ4v) is 1.70. The molecule has 0 aliphatic carbocycles. The number of nitriles is 1. The van der Waals surface area contributed by atoms with Gasteiger partial charge in [0.1, 0.15) is 5.69 Å². The average molecular weight is 297 g/mol. The summed E-state index contributed by atoms with van der Waals surface area (Å²) in [4.78, 5) is 20.3. The third-order valence-electron chi connectivity index (χ3n) is 2.73. The number of carbonyl (C=O) groups excluding carboxylic acids is 1. The Morgan fingerprint density at radius 2 is 2.27 bits per heavy atom. The number of nitrogens with one attached hydrogen (secondary N) is 2. The average Bonchev–Trinajstić information content (AvgIpc) is 2.55. The number of carbonyl (C=O) groups is 1. The van der Waals surface area contributed by atoms with Crippen LogP contribution in [0.4, 0.5) is 11.6 Å². The normalized spacial score (nSPS) is 9.82. The van der Waals surface area contributed by atoms with Gasteiger partial charge in [-0.15, -0.1) is 0 Å². The minimum Gasteiger partial charge on any atom is -0.383 e. The highest BCUT2D eigenvalue weighted by atomic mass is 16.5. The topological polar surface area (TPSA) is 99.9 Å². The summed E-state index contributed by atoms with van der Waals surface area (Å²) in [6.45, 7) is 1.06. The molecule has 0 unspecified atom stereocenters. The molecule has 0 bridgehead atoms. The molecule has 0 aliphatic heterocycles. The Morgan fingerprint density at radius 3 is 3.05 bits per heavy atom. The zero-order chi connectivity index (χ0) is 15.8. The molecule has 2 aromatic rings. The Labute approximate surface area is 128 Å². The first kappa shape index (κ1) is 15.4. The SMILES string of the molecule is COCCNc1nccc(C(=O)Nc2cccc(C#N)c2)n1. The fraction of sp³-hybridized carbons (Fsp3) is 0.200. The second-order valence-electron chi connectivity index (χ2n) is 4.33. The maximum Gasteiger partial charge on any atom is 0.274 e. The highest BCUT2D eigenvalue weighted by molar-refractivity contribution is 6.03. The van der Waals surface area contributed by atoms with Crippen LogP contribution in [-0.4, -0.2) is 36.1 Å². The van der Waals surface area contributed by atoms with Gasteiger partial charge in [0.05, 0.1) is 18.2 Å². The van der Waals surface area contributed by atoms with Gasteiger partial charge in [-0.1, -0.05) is 6.07 Å². The van der Waals surface area contributed by atoms with Crippen LogP contribution < -0.4 is 10.6 Å². The summed E-state index contributed by atoms with van der Waals surface area (Å²) in [6.07, 6.45) is 1.50. The van der Waals surface area contributed by atoms with E-state index in [1.165, 1.54) is 12.3 Å². The smallest absolute Gasteiger partial charge is 0.274 e. The lowest BCUT2D eigenvalue weighted by molar-refractivity contribution is 0.102. The Balaban J connectivity index is 2.05. The first-order valence-electron chi connectivity index (χ1n) is 6.60. The molecule has 112 valence electrons. The van der Waals surface area contributed by atoms with E-state index in [-0.39, 0.29) is 11.6 Å². The van der Waals surface area contributed by atoms with E-state index in [0.29, 0.717) is 30.4 Å². The minimum absolute atomic E-state index is 0.234. The molecule has 1 aromatic heterocycles. The molecule has 0 spiro atoms. The second-order valence-corrected chi connectivity index (χ2v) is 4.33. The summed E-state index contributed by atoms with van der Waals surface area (Å²) in [5.74, 6) is -0.0113. The molecule has 0 saturated carbocycles. The molecule has 0 saturated heterocycles. The highest BCUT2D eigenvalue weighted by Gasteiger charge is 2.09. The molecule has 1 aromatic carbocycles. The van der Waals surface area contributed by atoms with Crippen LogP contribution in [0.1, 0.15) is 16.1 Å². The molecule has 7 heteroatoms. The van der Waals surface area contributed by atoms with E-state index in [4.69, 9.17) is 10.00 Å². The Kier molecular flexibility index (Phi) is 5.40. The van der Waals surface area contributed by atoms with Crippen molar-refractivity contribution in [1.29, 1.82) is 5.26 Å². The number of anilines is 2. The molecule has 2 N–H and O–H groups in total. The minimum atomic E-state index is -0.368. The second kappa shape index (κ2) is 7.71. The molecule has 1 heterocycles. The van der Waals surface area contributed by atoms with Crippen LogP contribution in [-0.2, 0) is 4.74 Å². The van der Waals surface area contributed by atoms with Crippen molar-refractivity contribution in [3.8, 4) is 6.07 Å². The summed E-state index contributed by atoms with van der Waals surface area (Å²) in [6, 6.07) is 10.2. The number of benzene rings is 1. The van der Waals surface area contributed by atoms with Crippen molar-refractivity contribution in [1.82, 2.24) is 9.97 Å². The lowest BCUT2D eigenvalue weighted by atomic mass is 10.2. The van der Waals surface area contributed by atoms with Gasteiger partial charge in [0.2, 0.25) is 5.95 Å². The molecule has 1 amide bonds. The maximum atomic E-state index is 12.2. The standard InChI is InChI=1S/C15H15N5O2/c1-22-8-7-18-15-17-6-5-13(20-15)14(21)19-12-4-2-3-11(9-12)10-16/h2-6,9H,7-8H2,1H3,(H,19,21)(H,17,18,20). The molecule has 22 heavy (non-hydrogen) atoms.